The summed E-state index contributed by atoms with van der Waals surface area (Å²) in [6.45, 7) is 4.31. The maximum Gasteiger partial charge on any atom is 0.205 e. The average molecular weight is 359 g/mol. The van der Waals surface area contributed by atoms with Gasteiger partial charge in [0.15, 0.2) is 0 Å². The van der Waals surface area contributed by atoms with Gasteiger partial charge in [-0.1, -0.05) is 19.9 Å². The van der Waals surface area contributed by atoms with E-state index in [1.807, 2.05) is 24.3 Å². The molecule has 1 aromatic carbocycles. The molecule has 0 aliphatic carbocycles. The van der Waals surface area contributed by atoms with Crippen molar-refractivity contribution < 1.29 is 0 Å². The van der Waals surface area contributed by atoms with E-state index >= 15 is 0 Å². The summed E-state index contributed by atoms with van der Waals surface area (Å²) < 4.78 is 0. The molecule has 0 amide bonds. The fraction of sp³-hybridized carbons (Fsp3) is 0.250. The van der Waals surface area contributed by atoms with Crippen LogP contribution in [0.4, 0.5) is 0 Å². The number of pyridine rings is 2. The van der Waals surface area contributed by atoms with Gasteiger partial charge in [-0.3, -0.25) is 9.97 Å². The van der Waals surface area contributed by atoms with Crippen molar-refractivity contribution in [2.75, 3.05) is 0 Å². The summed E-state index contributed by atoms with van der Waals surface area (Å²) >= 11 is 0. The fourth-order valence-corrected chi connectivity index (χ4v) is 3.25. The van der Waals surface area contributed by atoms with Crippen LogP contribution >= 0.6 is 0 Å². The van der Waals surface area contributed by atoms with Crippen LogP contribution in [0.1, 0.15) is 32.0 Å². The Hall–Kier alpha value is -3.19. The molecule has 4 rings (SSSR count). The van der Waals surface area contributed by atoms with Crippen LogP contribution in [-0.2, 0) is 0 Å². The zero-order valence-corrected chi connectivity index (χ0v) is 15.3. The molecule has 136 valence electrons. The van der Waals surface area contributed by atoms with Crippen molar-refractivity contribution in [1.82, 2.24) is 30.6 Å². The third-order valence-electron chi connectivity index (χ3n) is 4.53. The minimum absolute atomic E-state index is 0.139. The summed E-state index contributed by atoms with van der Waals surface area (Å²) in [7, 11) is 0. The highest BCUT2D eigenvalue weighted by molar-refractivity contribution is 5.95. The van der Waals surface area contributed by atoms with Crippen molar-refractivity contribution in [3.05, 3.63) is 54.5 Å². The monoisotopic (exact) mass is 359 g/mol. The smallest absolute Gasteiger partial charge is 0.205 e. The van der Waals surface area contributed by atoms with Crippen LogP contribution < -0.4 is 5.73 Å². The van der Waals surface area contributed by atoms with Crippen LogP contribution in [0.25, 0.3) is 33.4 Å². The van der Waals surface area contributed by atoms with E-state index in [1.165, 1.54) is 0 Å². The third-order valence-corrected chi connectivity index (χ3v) is 4.53. The minimum atomic E-state index is -0.139. The molecule has 3 aromatic heterocycles. The van der Waals surface area contributed by atoms with Crippen molar-refractivity contribution in [1.29, 1.82) is 0 Å². The average Bonchev–Trinajstić information content (AvgIpc) is 3.21. The largest absolute Gasteiger partial charge is 0.323 e. The Morgan fingerprint density at radius 2 is 1.85 bits per heavy atom. The van der Waals surface area contributed by atoms with Crippen LogP contribution in [0, 0.1) is 5.92 Å². The van der Waals surface area contributed by atoms with Gasteiger partial charge in [0, 0.05) is 29.4 Å². The van der Waals surface area contributed by atoms with Gasteiger partial charge in [0.1, 0.15) is 0 Å². The molecule has 1 atom stereocenters. The molecule has 0 bridgehead atoms. The Balaban J connectivity index is 1.89. The van der Waals surface area contributed by atoms with Crippen molar-refractivity contribution in [3.63, 3.8) is 0 Å². The molecule has 3 heterocycles. The first-order valence-electron chi connectivity index (χ1n) is 8.96. The zero-order valence-electron chi connectivity index (χ0n) is 15.3. The summed E-state index contributed by atoms with van der Waals surface area (Å²) in [4.78, 5) is 8.90. The number of fused-ring (bicyclic) bond motifs is 1. The maximum absolute atomic E-state index is 6.40. The van der Waals surface area contributed by atoms with Crippen LogP contribution in [0.3, 0.4) is 0 Å². The predicted molar refractivity (Wildman–Crippen MR) is 105 cm³/mol. The number of aromatic nitrogens is 6. The Bertz CT molecular complexity index is 1040. The molecule has 0 saturated heterocycles. The standard InChI is InChI=1S/C20H21N7/c1-12(2)9-17(21)19-11-16(20-24-26-27-25-20)15-10-14(3-4-18(15)23-19)13-5-7-22-8-6-13/h3-8,10-12,17H,9,21H2,1-2H3,(H,24,25,26,27). The summed E-state index contributed by atoms with van der Waals surface area (Å²) in [5.41, 5.74) is 11.1. The van der Waals surface area contributed by atoms with Crippen molar-refractivity contribution in [2.24, 2.45) is 11.7 Å². The normalized spacial score (nSPS) is 12.6. The highest BCUT2D eigenvalue weighted by Gasteiger charge is 2.17. The van der Waals surface area contributed by atoms with E-state index in [9.17, 15) is 0 Å². The van der Waals surface area contributed by atoms with Gasteiger partial charge in [0.2, 0.25) is 5.82 Å². The SMILES string of the molecule is CC(C)CC(N)c1cc(-c2nn[nH]n2)c2cc(-c3ccncc3)ccc2n1. The van der Waals surface area contributed by atoms with Gasteiger partial charge < -0.3 is 5.73 Å². The van der Waals surface area contributed by atoms with Gasteiger partial charge in [0.25, 0.3) is 0 Å². The number of aromatic amines is 1. The second-order valence-electron chi connectivity index (χ2n) is 7.03. The van der Waals surface area contributed by atoms with E-state index in [-0.39, 0.29) is 6.04 Å². The summed E-state index contributed by atoms with van der Waals surface area (Å²) in [6.07, 6.45) is 4.43. The lowest BCUT2D eigenvalue weighted by Crippen LogP contribution is -2.14. The van der Waals surface area contributed by atoms with Crippen molar-refractivity contribution in [2.45, 2.75) is 26.3 Å². The quantitative estimate of drug-likeness (QED) is 0.565. The molecule has 0 spiro atoms. The molecule has 4 aromatic rings. The van der Waals surface area contributed by atoms with Gasteiger partial charge in [-0.05, 0) is 59.0 Å². The highest BCUT2D eigenvalue weighted by atomic mass is 15.5. The Kier molecular flexibility index (Phi) is 4.60. The van der Waals surface area contributed by atoms with Crippen LogP contribution in [-0.4, -0.2) is 30.6 Å². The van der Waals surface area contributed by atoms with E-state index in [0.29, 0.717) is 11.7 Å². The van der Waals surface area contributed by atoms with E-state index in [1.54, 1.807) is 12.4 Å². The van der Waals surface area contributed by atoms with Crippen molar-refractivity contribution >= 4 is 10.9 Å². The number of hydrogen-bond donors (Lipinski definition) is 2. The van der Waals surface area contributed by atoms with E-state index in [2.05, 4.69) is 51.6 Å². The number of nitrogens with one attached hydrogen (secondary N) is 1. The second kappa shape index (κ2) is 7.20. The number of hydrogen-bond acceptors (Lipinski definition) is 6. The lowest BCUT2D eigenvalue weighted by Gasteiger charge is -2.16. The van der Waals surface area contributed by atoms with E-state index in [0.717, 1.165) is 39.7 Å². The number of rotatable bonds is 5. The summed E-state index contributed by atoms with van der Waals surface area (Å²) in [5.74, 6) is 1.02. The summed E-state index contributed by atoms with van der Waals surface area (Å²) in [6, 6.07) is 12.0. The van der Waals surface area contributed by atoms with Crippen LogP contribution in [0.5, 0.6) is 0 Å². The van der Waals surface area contributed by atoms with Gasteiger partial charge in [-0.15, -0.1) is 10.2 Å². The first-order valence-corrected chi connectivity index (χ1v) is 8.96. The zero-order chi connectivity index (χ0) is 18.8. The fourth-order valence-electron chi connectivity index (χ4n) is 3.25. The second-order valence-corrected chi connectivity index (χ2v) is 7.03. The van der Waals surface area contributed by atoms with Crippen molar-refractivity contribution in [3.8, 4) is 22.5 Å². The number of tetrazole rings is 1. The molecule has 27 heavy (non-hydrogen) atoms. The first kappa shape index (κ1) is 17.2. The molecule has 0 aliphatic heterocycles. The molecule has 0 aliphatic rings. The Morgan fingerprint density at radius 3 is 2.56 bits per heavy atom. The molecule has 1 unspecified atom stereocenters. The molecule has 7 nitrogen and oxygen atoms in total. The molecular formula is C20H21N7. The number of H-pyrrole nitrogens is 1. The summed E-state index contributed by atoms with van der Waals surface area (Å²) in [5, 5.41) is 15.6. The Labute approximate surface area is 157 Å². The molecule has 0 fully saturated rings. The van der Waals surface area contributed by atoms with Gasteiger partial charge in [-0.25, -0.2) is 0 Å². The van der Waals surface area contributed by atoms with Gasteiger partial charge in [0.05, 0.1) is 11.2 Å². The molecular weight excluding hydrogens is 338 g/mol. The predicted octanol–water partition coefficient (Wildman–Crippen LogP) is 3.52. The first-order chi connectivity index (χ1) is 13.1. The number of nitrogens with zero attached hydrogens (tertiary/aromatic N) is 5. The highest BCUT2D eigenvalue weighted by Crippen LogP contribution is 2.32. The minimum Gasteiger partial charge on any atom is -0.323 e. The molecule has 0 saturated carbocycles. The van der Waals surface area contributed by atoms with Crippen LogP contribution in [0.15, 0.2) is 48.8 Å². The lowest BCUT2D eigenvalue weighted by atomic mass is 9.97. The third kappa shape index (κ3) is 3.54. The maximum atomic E-state index is 6.40. The molecule has 0 radical (unpaired) electrons. The Morgan fingerprint density at radius 1 is 1.04 bits per heavy atom. The number of nitrogens with two attached hydrogens (primary N) is 1. The lowest BCUT2D eigenvalue weighted by molar-refractivity contribution is 0.503. The van der Waals surface area contributed by atoms with E-state index < -0.39 is 0 Å². The number of benzene rings is 1. The molecule has 7 heteroatoms. The molecule has 3 N–H and O–H groups in total. The van der Waals surface area contributed by atoms with Gasteiger partial charge >= 0.3 is 0 Å². The van der Waals surface area contributed by atoms with Crippen LogP contribution in [0.2, 0.25) is 0 Å². The topological polar surface area (TPSA) is 106 Å². The van der Waals surface area contributed by atoms with Gasteiger partial charge in [-0.2, -0.15) is 5.21 Å². The van der Waals surface area contributed by atoms with E-state index in [4.69, 9.17) is 10.7 Å².